The first-order valence-electron chi connectivity index (χ1n) is 8.95. The summed E-state index contributed by atoms with van der Waals surface area (Å²) < 4.78 is 6.90. The van der Waals surface area contributed by atoms with Crippen LogP contribution in [-0.2, 0) is 0 Å². The zero-order chi connectivity index (χ0) is 19.0. The summed E-state index contributed by atoms with van der Waals surface area (Å²) in [6.07, 6.45) is 5.80. The van der Waals surface area contributed by atoms with Crippen molar-refractivity contribution in [3.8, 4) is 0 Å². The van der Waals surface area contributed by atoms with E-state index in [1.165, 1.54) is 0 Å². The summed E-state index contributed by atoms with van der Waals surface area (Å²) in [5.41, 5.74) is 0.830. The van der Waals surface area contributed by atoms with E-state index in [1.807, 2.05) is 4.57 Å². The van der Waals surface area contributed by atoms with E-state index in [0.717, 1.165) is 12.8 Å². The monoisotopic (exact) mass is 368 g/mol. The van der Waals surface area contributed by atoms with Crippen molar-refractivity contribution in [2.75, 3.05) is 5.32 Å². The van der Waals surface area contributed by atoms with E-state index in [4.69, 9.17) is 4.52 Å². The quantitative estimate of drug-likeness (QED) is 0.735. The maximum absolute atomic E-state index is 12.9. The van der Waals surface area contributed by atoms with Crippen LogP contribution < -0.4 is 10.7 Å². The summed E-state index contributed by atoms with van der Waals surface area (Å²) in [7, 11) is 0. The van der Waals surface area contributed by atoms with Crippen LogP contribution in [0.4, 0.5) is 5.88 Å². The lowest BCUT2D eigenvalue weighted by Gasteiger charge is -2.28. The number of aliphatic hydroxyl groups excluding tert-OH is 1. The van der Waals surface area contributed by atoms with Crippen LogP contribution in [0.15, 0.2) is 39.9 Å². The summed E-state index contributed by atoms with van der Waals surface area (Å²) >= 11 is 0. The number of carbonyl (C=O) groups is 1. The second-order valence-electron chi connectivity index (χ2n) is 6.90. The molecule has 0 spiro atoms. The van der Waals surface area contributed by atoms with Gasteiger partial charge in [0.1, 0.15) is 11.2 Å². The van der Waals surface area contributed by atoms with Crippen molar-refractivity contribution in [2.24, 2.45) is 0 Å². The number of aromatic nitrogens is 3. The molecular weight excluding hydrogens is 348 g/mol. The molecule has 3 heterocycles. The van der Waals surface area contributed by atoms with Crippen molar-refractivity contribution in [1.29, 1.82) is 0 Å². The lowest BCUT2D eigenvalue weighted by molar-refractivity contribution is 0.101. The fourth-order valence-electron chi connectivity index (χ4n) is 3.56. The van der Waals surface area contributed by atoms with Gasteiger partial charge in [-0.25, -0.2) is 4.98 Å². The molecule has 1 aliphatic carbocycles. The average Bonchev–Trinajstić information content (AvgIpc) is 3.08. The molecule has 140 valence electrons. The Labute approximate surface area is 154 Å². The summed E-state index contributed by atoms with van der Waals surface area (Å²) in [5, 5.41) is 16.5. The molecule has 2 N–H and O–H groups in total. The van der Waals surface area contributed by atoms with Crippen molar-refractivity contribution in [3.05, 3.63) is 52.1 Å². The van der Waals surface area contributed by atoms with Gasteiger partial charge in [-0.2, -0.15) is 0 Å². The molecule has 8 heteroatoms. The van der Waals surface area contributed by atoms with Gasteiger partial charge in [-0.15, -0.1) is 0 Å². The molecule has 0 aromatic carbocycles. The molecule has 0 aliphatic heterocycles. The highest BCUT2D eigenvalue weighted by Crippen LogP contribution is 2.30. The smallest absolute Gasteiger partial charge is 0.263 e. The number of hydrogen-bond acceptors (Lipinski definition) is 6. The second-order valence-corrected chi connectivity index (χ2v) is 6.90. The second kappa shape index (κ2) is 6.96. The van der Waals surface area contributed by atoms with Gasteiger partial charge in [0, 0.05) is 24.5 Å². The maximum atomic E-state index is 12.9. The molecule has 0 atom stereocenters. The van der Waals surface area contributed by atoms with Gasteiger partial charge in [0.2, 0.25) is 11.3 Å². The van der Waals surface area contributed by atoms with Crippen molar-refractivity contribution < 1.29 is 14.4 Å². The molecular formula is C19H20N4O4. The number of anilines is 1. The largest absolute Gasteiger partial charge is 0.393 e. The van der Waals surface area contributed by atoms with Gasteiger partial charge in [0.15, 0.2) is 0 Å². The minimum absolute atomic E-state index is 0.0238. The number of rotatable bonds is 3. The summed E-state index contributed by atoms with van der Waals surface area (Å²) in [4.78, 5) is 29.9. The van der Waals surface area contributed by atoms with Gasteiger partial charge in [-0.05, 0) is 44.7 Å². The van der Waals surface area contributed by atoms with Crippen LogP contribution in [0.2, 0.25) is 0 Å². The Bertz CT molecular complexity index is 1050. The van der Waals surface area contributed by atoms with Gasteiger partial charge in [0.05, 0.1) is 17.2 Å². The van der Waals surface area contributed by atoms with Crippen LogP contribution in [0.5, 0.6) is 0 Å². The third-order valence-corrected chi connectivity index (χ3v) is 4.96. The molecule has 4 rings (SSSR count). The number of carbonyl (C=O) groups excluding carboxylic acids is 1. The molecule has 1 amide bonds. The molecule has 0 unspecified atom stereocenters. The van der Waals surface area contributed by atoms with Crippen molar-refractivity contribution in [3.63, 3.8) is 0 Å². The fourth-order valence-corrected chi connectivity index (χ4v) is 3.56. The maximum Gasteiger partial charge on any atom is 0.263 e. The van der Waals surface area contributed by atoms with Crippen molar-refractivity contribution >= 4 is 22.8 Å². The number of pyridine rings is 2. The number of aryl methyl sites for hydroxylation is 1. The minimum atomic E-state index is -0.550. The molecule has 0 bridgehead atoms. The Morgan fingerprint density at radius 1 is 1.33 bits per heavy atom. The molecule has 1 aliphatic rings. The lowest BCUT2D eigenvalue weighted by Crippen LogP contribution is -2.27. The van der Waals surface area contributed by atoms with E-state index in [9.17, 15) is 14.7 Å². The van der Waals surface area contributed by atoms with Crippen LogP contribution in [0.25, 0.3) is 11.0 Å². The molecule has 27 heavy (non-hydrogen) atoms. The standard InChI is InChI=1S/C19H20N4O4/c1-11-9-16(27-22-11)21-19(26)15-10-23(12-4-6-13(24)7-5-12)18-14(17(15)25)3-2-8-20-18/h2-3,8-10,12-13,24H,4-7H2,1H3,(H,21,26). The Kier molecular flexibility index (Phi) is 4.49. The van der Waals surface area contributed by atoms with Gasteiger partial charge in [-0.3, -0.25) is 14.9 Å². The molecule has 0 saturated heterocycles. The summed E-state index contributed by atoms with van der Waals surface area (Å²) in [6, 6.07) is 5.01. The summed E-state index contributed by atoms with van der Waals surface area (Å²) in [5.74, 6) is -0.359. The molecule has 8 nitrogen and oxygen atoms in total. The Morgan fingerprint density at radius 3 is 2.81 bits per heavy atom. The first-order chi connectivity index (χ1) is 13.0. The van der Waals surface area contributed by atoms with Gasteiger partial charge < -0.3 is 14.2 Å². The van der Waals surface area contributed by atoms with Crippen LogP contribution >= 0.6 is 0 Å². The SMILES string of the molecule is Cc1cc(NC(=O)c2cn(C3CCC(O)CC3)c3ncccc3c2=O)on1. The first-order valence-corrected chi connectivity index (χ1v) is 8.95. The van der Waals surface area contributed by atoms with Crippen LogP contribution in [0.1, 0.15) is 47.8 Å². The normalized spacial score (nSPS) is 19.9. The topological polar surface area (TPSA) is 110 Å². The van der Waals surface area contributed by atoms with Crippen LogP contribution in [0, 0.1) is 6.92 Å². The van der Waals surface area contributed by atoms with Crippen molar-refractivity contribution in [1.82, 2.24) is 14.7 Å². The number of aliphatic hydroxyl groups is 1. The lowest BCUT2D eigenvalue weighted by atomic mass is 9.92. The zero-order valence-electron chi connectivity index (χ0n) is 14.9. The van der Waals surface area contributed by atoms with E-state index in [1.54, 1.807) is 37.5 Å². The number of nitrogens with one attached hydrogen (secondary N) is 1. The van der Waals surface area contributed by atoms with E-state index in [2.05, 4.69) is 15.5 Å². The number of hydrogen-bond donors (Lipinski definition) is 2. The number of nitrogens with zero attached hydrogens (tertiary/aromatic N) is 3. The molecule has 1 fully saturated rings. The number of amides is 1. The molecule has 3 aromatic heterocycles. The predicted octanol–water partition coefficient (Wildman–Crippen LogP) is 2.42. The highest BCUT2D eigenvalue weighted by molar-refractivity contribution is 6.04. The van der Waals surface area contributed by atoms with E-state index in [-0.39, 0.29) is 29.0 Å². The predicted molar refractivity (Wildman–Crippen MR) is 98.7 cm³/mol. The minimum Gasteiger partial charge on any atom is -0.393 e. The molecule has 0 radical (unpaired) electrons. The Hall–Kier alpha value is -3.00. The third-order valence-electron chi connectivity index (χ3n) is 4.96. The third kappa shape index (κ3) is 3.35. The highest BCUT2D eigenvalue weighted by Gasteiger charge is 2.24. The van der Waals surface area contributed by atoms with E-state index < -0.39 is 5.91 Å². The van der Waals surface area contributed by atoms with E-state index >= 15 is 0 Å². The van der Waals surface area contributed by atoms with Crippen LogP contribution in [-0.4, -0.2) is 31.8 Å². The molecule has 3 aromatic rings. The van der Waals surface area contributed by atoms with Gasteiger partial charge in [-0.1, -0.05) is 5.16 Å². The number of fused-ring (bicyclic) bond motifs is 1. The first kappa shape index (κ1) is 17.4. The van der Waals surface area contributed by atoms with Gasteiger partial charge in [0.25, 0.3) is 5.91 Å². The van der Waals surface area contributed by atoms with Crippen molar-refractivity contribution in [2.45, 2.75) is 44.8 Å². The Morgan fingerprint density at radius 2 is 2.11 bits per heavy atom. The zero-order valence-corrected chi connectivity index (χ0v) is 14.9. The molecule has 1 saturated carbocycles. The van der Waals surface area contributed by atoms with E-state index in [0.29, 0.717) is 29.6 Å². The summed E-state index contributed by atoms with van der Waals surface area (Å²) in [6.45, 7) is 1.74. The van der Waals surface area contributed by atoms with Crippen LogP contribution in [0.3, 0.4) is 0 Å². The van der Waals surface area contributed by atoms with Gasteiger partial charge >= 0.3 is 0 Å². The average molecular weight is 368 g/mol. The Balaban J connectivity index is 1.77. The highest BCUT2D eigenvalue weighted by atomic mass is 16.5. The fraction of sp³-hybridized carbons (Fsp3) is 0.368.